The van der Waals surface area contributed by atoms with Crippen LogP contribution >= 0.6 is 0 Å². The first kappa shape index (κ1) is 11.8. The second-order valence-corrected chi connectivity index (χ2v) is 4.02. The quantitative estimate of drug-likeness (QED) is 0.640. The minimum Gasteiger partial charge on any atom is -0.377 e. The highest BCUT2D eigenvalue weighted by Gasteiger charge is 2.17. The van der Waals surface area contributed by atoms with Gasteiger partial charge in [0.05, 0.1) is 11.0 Å². The summed E-state index contributed by atoms with van der Waals surface area (Å²) in [5.41, 5.74) is 0.502. The van der Waals surface area contributed by atoms with Gasteiger partial charge in [-0.25, -0.2) is 0 Å². The predicted molar refractivity (Wildman–Crippen MR) is 63.0 cm³/mol. The molecule has 1 aromatic heterocycles. The maximum atomic E-state index is 10.8. The summed E-state index contributed by atoms with van der Waals surface area (Å²) in [6, 6.07) is 1.61. The topological polar surface area (TPSA) is 77.3 Å². The van der Waals surface area contributed by atoms with Crippen molar-refractivity contribution in [2.75, 3.05) is 18.5 Å². The number of hydrogen-bond donors (Lipinski definition) is 1. The Morgan fingerprint density at radius 2 is 2.47 bits per heavy atom. The second-order valence-electron chi connectivity index (χ2n) is 4.02. The zero-order valence-corrected chi connectivity index (χ0v) is 9.46. The van der Waals surface area contributed by atoms with Crippen molar-refractivity contribution in [2.24, 2.45) is 0 Å². The number of ether oxygens (including phenoxy) is 1. The van der Waals surface area contributed by atoms with E-state index in [9.17, 15) is 10.1 Å². The standard InChI is InChI=1S/C11H15N3O3/c15-14(16)11-8-12-5-4-10(11)13-7-9-3-1-2-6-17-9/h4-5,8-9H,1-3,6-7H2,(H,12,13). The fraction of sp³-hybridized carbons (Fsp3) is 0.545. The van der Waals surface area contributed by atoms with Crippen LogP contribution in [0, 0.1) is 10.1 Å². The fourth-order valence-electron chi connectivity index (χ4n) is 1.87. The number of aromatic nitrogens is 1. The lowest BCUT2D eigenvalue weighted by Gasteiger charge is -2.23. The van der Waals surface area contributed by atoms with E-state index in [-0.39, 0.29) is 11.8 Å². The molecule has 17 heavy (non-hydrogen) atoms. The van der Waals surface area contributed by atoms with Crippen molar-refractivity contribution in [3.63, 3.8) is 0 Å². The summed E-state index contributed by atoms with van der Waals surface area (Å²) in [4.78, 5) is 14.1. The summed E-state index contributed by atoms with van der Waals surface area (Å²) in [6.45, 7) is 1.38. The molecule has 6 nitrogen and oxygen atoms in total. The van der Waals surface area contributed by atoms with Crippen LogP contribution in [0.4, 0.5) is 11.4 Å². The largest absolute Gasteiger partial charge is 0.377 e. The Labute approximate surface area is 99.2 Å². The van der Waals surface area contributed by atoms with Crippen molar-refractivity contribution in [2.45, 2.75) is 25.4 Å². The van der Waals surface area contributed by atoms with Crippen molar-refractivity contribution >= 4 is 11.4 Å². The minimum atomic E-state index is -0.433. The van der Waals surface area contributed by atoms with Gasteiger partial charge in [-0.3, -0.25) is 15.1 Å². The number of pyridine rings is 1. The summed E-state index contributed by atoms with van der Waals surface area (Å²) in [5.74, 6) is 0. The van der Waals surface area contributed by atoms with Gasteiger partial charge in [-0.2, -0.15) is 0 Å². The maximum absolute atomic E-state index is 10.8. The van der Waals surface area contributed by atoms with Crippen LogP contribution in [0.1, 0.15) is 19.3 Å². The van der Waals surface area contributed by atoms with Gasteiger partial charge in [0.15, 0.2) is 0 Å². The number of hydrogen-bond acceptors (Lipinski definition) is 5. The number of nitrogens with zero attached hydrogens (tertiary/aromatic N) is 2. The maximum Gasteiger partial charge on any atom is 0.310 e. The minimum absolute atomic E-state index is 0.00306. The van der Waals surface area contributed by atoms with Gasteiger partial charge in [0, 0.05) is 19.3 Å². The van der Waals surface area contributed by atoms with Gasteiger partial charge >= 0.3 is 5.69 Å². The SMILES string of the molecule is O=[N+]([O-])c1cnccc1NCC1CCCCO1. The molecule has 1 N–H and O–H groups in total. The van der Waals surface area contributed by atoms with Crippen LogP contribution in [0.2, 0.25) is 0 Å². The van der Waals surface area contributed by atoms with Crippen molar-refractivity contribution in [1.82, 2.24) is 4.98 Å². The number of rotatable bonds is 4. The highest BCUT2D eigenvalue weighted by molar-refractivity contribution is 5.59. The summed E-state index contributed by atoms with van der Waals surface area (Å²) >= 11 is 0. The molecule has 0 radical (unpaired) electrons. The number of nitro groups is 1. The first-order valence-electron chi connectivity index (χ1n) is 5.71. The fourth-order valence-corrected chi connectivity index (χ4v) is 1.87. The molecule has 1 aromatic rings. The van der Waals surface area contributed by atoms with Gasteiger partial charge in [0.25, 0.3) is 0 Å². The molecular formula is C11H15N3O3. The molecule has 1 fully saturated rings. The summed E-state index contributed by atoms with van der Waals surface area (Å²) in [5, 5.41) is 13.8. The van der Waals surface area contributed by atoms with E-state index < -0.39 is 4.92 Å². The average Bonchev–Trinajstić information content (AvgIpc) is 2.38. The number of nitrogens with one attached hydrogen (secondary N) is 1. The zero-order chi connectivity index (χ0) is 12.1. The smallest absolute Gasteiger partial charge is 0.310 e. The molecule has 0 aromatic carbocycles. The Morgan fingerprint density at radius 3 is 3.18 bits per heavy atom. The van der Waals surface area contributed by atoms with Crippen LogP contribution in [-0.2, 0) is 4.74 Å². The first-order chi connectivity index (χ1) is 8.27. The first-order valence-corrected chi connectivity index (χ1v) is 5.71. The molecule has 1 unspecified atom stereocenters. The third-order valence-electron chi connectivity index (χ3n) is 2.79. The Kier molecular flexibility index (Phi) is 3.87. The van der Waals surface area contributed by atoms with E-state index in [2.05, 4.69) is 10.3 Å². The molecule has 1 aliphatic rings. The van der Waals surface area contributed by atoms with Crippen LogP contribution in [0.5, 0.6) is 0 Å². The molecule has 1 atom stereocenters. The molecule has 0 amide bonds. The molecule has 2 rings (SSSR count). The molecule has 1 saturated heterocycles. The molecule has 2 heterocycles. The van der Waals surface area contributed by atoms with Crippen LogP contribution in [0.25, 0.3) is 0 Å². The Morgan fingerprint density at radius 1 is 1.59 bits per heavy atom. The van der Waals surface area contributed by atoms with Gasteiger partial charge < -0.3 is 10.1 Å². The van der Waals surface area contributed by atoms with Crippen LogP contribution in [0.15, 0.2) is 18.5 Å². The average molecular weight is 237 g/mol. The third kappa shape index (κ3) is 3.13. The lowest BCUT2D eigenvalue weighted by molar-refractivity contribution is -0.384. The molecular weight excluding hydrogens is 222 g/mol. The van der Waals surface area contributed by atoms with Crippen molar-refractivity contribution in [3.8, 4) is 0 Å². The molecule has 0 bridgehead atoms. The van der Waals surface area contributed by atoms with Gasteiger partial charge in [0.2, 0.25) is 0 Å². The summed E-state index contributed by atoms with van der Waals surface area (Å²) in [7, 11) is 0. The normalized spacial score (nSPS) is 19.9. The van der Waals surface area contributed by atoms with Crippen LogP contribution in [0.3, 0.4) is 0 Å². The van der Waals surface area contributed by atoms with Gasteiger partial charge in [-0.1, -0.05) is 0 Å². The Bertz CT molecular complexity index is 391. The van der Waals surface area contributed by atoms with E-state index in [1.165, 1.54) is 12.4 Å². The van der Waals surface area contributed by atoms with Gasteiger partial charge in [-0.05, 0) is 25.3 Å². The van der Waals surface area contributed by atoms with Crippen LogP contribution < -0.4 is 5.32 Å². The molecule has 1 aliphatic heterocycles. The molecule has 92 valence electrons. The van der Waals surface area contributed by atoms with Crippen molar-refractivity contribution in [3.05, 3.63) is 28.6 Å². The molecule has 0 aliphatic carbocycles. The Hall–Kier alpha value is -1.69. The van der Waals surface area contributed by atoms with E-state index in [0.29, 0.717) is 12.2 Å². The monoisotopic (exact) mass is 237 g/mol. The van der Waals surface area contributed by atoms with E-state index in [1.807, 2.05) is 0 Å². The van der Waals surface area contributed by atoms with Crippen molar-refractivity contribution < 1.29 is 9.66 Å². The van der Waals surface area contributed by atoms with Gasteiger partial charge in [0.1, 0.15) is 11.9 Å². The predicted octanol–water partition coefficient (Wildman–Crippen LogP) is 1.97. The van der Waals surface area contributed by atoms with E-state index in [0.717, 1.165) is 25.9 Å². The van der Waals surface area contributed by atoms with Crippen LogP contribution in [-0.4, -0.2) is 29.2 Å². The zero-order valence-electron chi connectivity index (χ0n) is 9.46. The van der Waals surface area contributed by atoms with Gasteiger partial charge in [-0.15, -0.1) is 0 Å². The summed E-state index contributed by atoms with van der Waals surface area (Å²) < 4.78 is 5.55. The van der Waals surface area contributed by atoms with E-state index in [4.69, 9.17) is 4.74 Å². The lowest BCUT2D eigenvalue weighted by atomic mass is 10.1. The van der Waals surface area contributed by atoms with Crippen molar-refractivity contribution in [1.29, 1.82) is 0 Å². The highest BCUT2D eigenvalue weighted by atomic mass is 16.6. The summed E-state index contributed by atoms with van der Waals surface area (Å²) in [6.07, 6.45) is 6.21. The third-order valence-corrected chi connectivity index (χ3v) is 2.79. The molecule has 0 saturated carbocycles. The Balaban J connectivity index is 1.96. The van der Waals surface area contributed by atoms with E-state index >= 15 is 0 Å². The number of anilines is 1. The second kappa shape index (κ2) is 5.58. The highest BCUT2D eigenvalue weighted by Crippen LogP contribution is 2.22. The van der Waals surface area contributed by atoms with E-state index in [1.54, 1.807) is 6.07 Å². The molecule has 6 heteroatoms. The molecule has 0 spiro atoms. The lowest BCUT2D eigenvalue weighted by Crippen LogP contribution is -2.27.